The summed E-state index contributed by atoms with van der Waals surface area (Å²) in [6.07, 6.45) is 12.0. The van der Waals surface area contributed by atoms with E-state index >= 15 is 0 Å². The molecule has 0 N–H and O–H groups in total. The van der Waals surface area contributed by atoms with Crippen molar-refractivity contribution in [3.05, 3.63) is 19.1 Å². The molecule has 0 spiro atoms. The predicted molar refractivity (Wildman–Crippen MR) is 55.0 cm³/mol. The zero-order valence-electron chi connectivity index (χ0n) is 7.10. The summed E-state index contributed by atoms with van der Waals surface area (Å²) in [5.74, 6) is 0. The molecule has 0 bridgehead atoms. The molecule has 0 rings (SSSR count). The van der Waals surface area contributed by atoms with Gasteiger partial charge in [-0.3, -0.25) is 0 Å². The van der Waals surface area contributed by atoms with Gasteiger partial charge in [-0.15, -0.1) is 0 Å². The standard InChI is InChI=1S/C10H19.Li.H/c1-3-5-7-9-10-8-6-4-2;;/h5,7H,1,3-4,6,8-10H2,2H3;;/b7-5-;;. The Morgan fingerprint density at radius 2 is 1.82 bits per heavy atom. The van der Waals surface area contributed by atoms with Gasteiger partial charge < -0.3 is 0 Å². The van der Waals surface area contributed by atoms with Crippen molar-refractivity contribution in [3.8, 4) is 0 Å². The molecule has 0 unspecified atom stereocenters. The average molecular weight is 147 g/mol. The summed E-state index contributed by atoms with van der Waals surface area (Å²) in [4.78, 5) is 0. The monoisotopic (exact) mass is 147 g/mol. The third kappa shape index (κ3) is 13.3. The molecule has 0 aromatic rings. The van der Waals surface area contributed by atoms with Gasteiger partial charge in [0.2, 0.25) is 0 Å². The molecule has 0 aliphatic carbocycles. The van der Waals surface area contributed by atoms with Crippen molar-refractivity contribution in [2.75, 3.05) is 0 Å². The van der Waals surface area contributed by atoms with Crippen molar-refractivity contribution in [2.45, 2.75) is 45.4 Å². The van der Waals surface area contributed by atoms with E-state index in [2.05, 4.69) is 26.0 Å². The summed E-state index contributed by atoms with van der Waals surface area (Å²) in [6.45, 7) is 5.97. The van der Waals surface area contributed by atoms with Crippen LogP contribution in [0.25, 0.3) is 0 Å². The van der Waals surface area contributed by atoms with Crippen LogP contribution >= 0.6 is 0 Å². The van der Waals surface area contributed by atoms with Crippen LogP contribution in [-0.4, -0.2) is 18.9 Å². The van der Waals surface area contributed by atoms with E-state index in [1.165, 1.54) is 32.1 Å². The second-order valence-electron chi connectivity index (χ2n) is 2.61. The van der Waals surface area contributed by atoms with Crippen LogP contribution in [0.4, 0.5) is 0 Å². The first kappa shape index (κ1) is 13.9. The zero-order chi connectivity index (χ0) is 7.66. The molecule has 0 amide bonds. The van der Waals surface area contributed by atoms with Crippen LogP contribution in [0, 0.1) is 6.92 Å². The van der Waals surface area contributed by atoms with Gasteiger partial charge in [0.15, 0.2) is 0 Å². The van der Waals surface area contributed by atoms with E-state index in [0.29, 0.717) is 0 Å². The molecule has 0 saturated heterocycles. The van der Waals surface area contributed by atoms with Crippen molar-refractivity contribution in [2.24, 2.45) is 0 Å². The Bertz CT molecular complexity index is 76.9. The number of rotatable bonds is 6. The van der Waals surface area contributed by atoms with Crippen LogP contribution in [0.5, 0.6) is 0 Å². The molecule has 0 atom stereocenters. The summed E-state index contributed by atoms with van der Waals surface area (Å²) in [5, 5.41) is 0. The van der Waals surface area contributed by atoms with Crippen LogP contribution in [0.15, 0.2) is 12.2 Å². The molecule has 1 radical (unpaired) electrons. The van der Waals surface area contributed by atoms with Gasteiger partial charge in [-0.2, -0.15) is 0 Å². The fourth-order valence-electron chi connectivity index (χ4n) is 0.925. The summed E-state index contributed by atoms with van der Waals surface area (Å²) < 4.78 is 0. The third-order valence-electron chi connectivity index (χ3n) is 1.56. The third-order valence-corrected chi connectivity index (χ3v) is 1.56. The van der Waals surface area contributed by atoms with E-state index in [0.717, 1.165) is 6.42 Å². The summed E-state index contributed by atoms with van der Waals surface area (Å²) in [7, 11) is 0. The van der Waals surface area contributed by atoms with Crippen molar-refractivity contribution in [1.82, 2.24) is 0 Å². The normalized spacial score (nSPS) is 10.0. The minimum absolute atomic E-state index is 0. The molecule has 0 aliphatic rings. The first-order chi connectivity index (χ1) is 4.91. The topological polar surface area (TPSA) is 0 Å². The molecule has 0 aromatic carbocycles. The number of hydrogen-bond acceptors (Lipinski definition) is 0. The first-order valence-corrected chi connectivity index (χ1v) is 4.36. The Morgan fingerprint density at radius 1 is 1.09 bits per heavy atom. The summed E-state index contributed by atoms with van der Waals surface area (Å²) in [6, 6.07) is 0. The maximum absolute atomic E-state index is 3.73. The Kier molecular flexibility index (Phi) is 16.4. The Morgan fingerprint density at radius 3 is 2.36 bits per heavy atom. The molecule has 0 nitrogen and oxygen atoms in total. The van der Waals surface area contributed by atoms with E-state index in [1.54, 1.807) is 0 Å². The van der Waals surface area contributed by atoms with E-state index in [-0.39, 0.29) is 18.9 Å². The van der Waals surface area contributed by atoms with E-state index in [4.69, 9.17) is 0 Å². The molecule has 0 saturated carbocycles. The number of allylic oxidation sites excluding steroid dienone is 2. The Labute approximate surface area is 83.6 Å². The summed E-state index contributed by atoms with van der Waals surface area (Å²) >= 11 is 0. The van der Waals surface area contributed by atoms with Gasteiger partial charge in [0, 0.05) is 0 Å². The van der Waals surface area contributed by atoms with Crippen molar-refractivity contribution >= 4 is 18.9 Å². The van der Waals surface area contributed by atoms with Gasteiger partial charge in [0.1, 0.15) is 0 Å². The molecular formula is C10H20Li. The fourth-order valence-corrected chi connectivity index (χ4v) is 0.925. The minimum atomic E-state index is 0. The van der Waals surface area contributed by atoms with Crippen LogP contribution in [0.1, 0.15) is 45.4 Å². The molecule has 0 aromatic heterocycles. The SMILES string of the molecule is [CH2]C/C=C\CCCCCC.[LiH]. The number of hydrogen-bond donors (Lipinski definition) is 0. The fraction of sp³-hybridized carbons (Fsp3) is 0.700. The van der Waals surface area contributed by atoms with E-state index < -0.39 is 0 Å². The van der Waals surface area contributed by atoms with Crippen LogP contribution in [0.3, 0.4) is 0 Å². The van der Waals surface area contributed by atoms with Crippen molar-refractivity contribution in [1.29, 1.82) is 0 Å². The molecule has 1 heteroatoms. The van der Waals surface area contributed by atoms with Crippen molar-refractivity contribution < 1.29 is 0 Å². The quantitative estimate of drug-likeness (QED) is 0.307. The second-order valence-corrected chi connectivity index (χ2v) is 2.61. The van der Waals surface area contributed by atoms with Gasteiger partial charge in [0.05, 0.1) is 0 Å². The van der Waals surface area contributed by atoms with Gasteiger partial charge in [-0.05, 0) is 26.2 Å². The average Bonchev–Trinajstić information content (AvgIpc) is 1.97. The molecule has 11 heavy (non-hydrogen) atoms. The molecule has 61 valence electrons. The zero-order valence-corrected chi connectivity index (χ0v) is 7.10. The van der Waals surface area contributed by atoms with Gasteiger partial charge in [-0.25, -0.2) is 0 Å². The first-order valence-electron chi connectivity index (χ1n) is 4.36. The number of unbranched alkanes of at least 4 members (excludes halogenated alkanes) is 4. The summed E-state index contributed by atoms with van der Waals surface area (Å²) in [5.41, 5.74) is 0. The van der Waals surface area contributed by atoms with Gasteiger partial charge in [-0.1, -0.05) is 38.3 Å². The van der Waals surface area contributed by atoms with Crippen LogP contribution in [-0.2, 0) is 0 Å². The molecule has 0 fully saturated rings. The molecular weight excluding hydrogens is 127 g/mol. The van der Waals surface area contributed by atoms with Crippen molar-refractivity contribution in [3.63, 3.8) is 0 Å². The Balaban J connectivity index is 0. The van der Waals surface area contributed by atoms with E-state index in [9.17, 15) is 0 Å². The molecule has 0 aliphatic heterocycles. The van der Waals surface area contributed by atoms with Crippen LogP contribution < -0.4 is 0 Å². The second kappa shape index (κ2) is 13.0. The molecule has 0 heterocycles. The Hall–Kier alpha value is 0.337. The predicted octanol–water partition coefficient (Wildman–Crippen LogP) is 3.09. The van der Waals surface area contributed by atoms with Crippen LogP contribution in [0.2, 0.25) is 0 Å². The van der Waals surface area contributed by atoms with Gasteiger partial charge in [0.25, 0.3) is 0 Å². The van der Waals surface area contributed by atoms with Gasteiger partial charge >= 0.3 is 18.9 Å². The van der Waals surface area contributed by atoms with E-state index in [1.807, 2.05) is 0 Å². The maximum atomic E-state index is 3.73.